The Kier molecular flexibility index (Phi) is 7.13. The van der Waals surface area contributed by atoms with Crippen LogP contribution in [-0.4, -0.2) is 32.0 Å². The highest BCUT2D eigenvalue weighted by Crippen LogP contribution is 2.44. The first kappa shape index (κ1) is 28.8. The number of hydrogen-bond acceptors (Lipinski definition) is 5. The van der Waals surface area contributed by atoms with Gasteiger partial charge in [-0.25, -0.2) is 14.8 Å². The largest absolute Gasteiger partial charge is 0.496 e. The van der Waals surface area contributed by atoms with Gasteiger partial charge in [-0.2, -0.15) is 0 Å². The van der Waals surface area contributed by atoms with Crippen molar-refractivity contribution in [2.45, 2.75) is 0 Å². The summed E-state index contributed by atoms with van der Waals surface area (Å²) in [6.07, 6.45) is 1.92. The van der Waals surface area contributed by atoms with E-state index < -0.39 is 5.97 Å². The molecule has 7 nitrogen and oxygen atoms in total. The van der Waals surface area contributed by atoms with Crippen LogP contribution in [0.2, 0.25) is 10.0 Å². The topological polar surface area (TPSA) is 70.7 Å². The van der Waals surface area contributed by atoms with Gasteiger partial charge in [0.2, 0.25) is 0 Å². The van der Waals surface area contributed by atoms with Crippen LogP contribution in [0.1, 0.15) is 10.4 Å². The van der Waals surface area contributed by atoms with Gasteiger partial charge in [-0.1, -0.05) is 65.7 Å². The number of carbonyl (C=O) groups is 1. The number of ether oxygens (including phenoxy) is 2. The molecule has 0 spiro atoms. The van der Waals surface area contributed by atoms with E-state index in [1.807, 2.05) is 108 Å². The molecule has 0 aliphatic carbocycles. The van der Waals surface area contributed by atoms with Gasteiger partial charge in [-0.15, -0.1) is 0 Å². The van der Waals surface area contributed by atoms with E-state index in [0.717, 1.165) is 33.2 Å². The van der Waals surface area contributed by atoms with Crippen molar-refractivity contribution in [2.75, 3.05) is 7.11 Å². The van der Waals surface area contributed by atoms with E-state index in [1.165, 1.54) is 0 Å². The number of benzene rings is 5. The summed E-state index contributed by atoms with van der Waals surface area (Å²) in [5, 5.41) is 1.97. The molecule has 9 heteroatoms. The molecule has 3 aromatic heterocycles. The summed E-state index contributed by atoms with van der Waals surface area (Å²) < 4.78 is 16.1. The lowest BCUT2D eigenvalue weighted by molar-refractivity contribution is 0.0735. The van der Waals surface area contributed by atoms with E-state index >= 15 is 0 Å². The van der Waals surface area contributed by atoms with Crippen LogP contribution < -0.4 is 9.47 Å². The van der Waals surface area contributed by atoms with Crippen molar-refractivity contribution in [3.8, 4) is 39.7 Å². The minimum absolute atomic E-state index is 0.316. The molecule has 0 amide bonds. The predicted octanol–water partition coefficient (Wildman–Crippen LogP) is 9.69. The molecule has 228 valence electrons. The second-order valence-corrected chi connectivity index (χ2v) is 11.8. The van der Waals surface area contributed by atoms with Crippen LogP contribution in [-0.2, 0) is 0 Å². The Morgan fingerprint density at radius 2 is 1.40 bits per heavy atom. The van der Waals surface area contributed by atoms with Gasteiger partial charge in [-0.05, 0) is 84.4 Å². The van der Waals surface area contributed by atoms with Gasteiger partial charge in [0.15, 0.2) is 17.0 Å². The summed E-state index contributed by atoms with van der Waals surface area (Å²) in [7, 11) is 1.59. The summed E-state index contributed by atoms with van der Waals surface area (Å²) in [5.74, 6) is 1.01. The molecule has 0 bridgehead atoms. The van der Waals surface area contributed by atoms with Gasteiger partial charge >= 0.3 is 5.97 Å². The second kappa shape index (κ2) is 11.6. The highest BCUT2D eigenvalue weighted by Gasteiger charge is 2.25. The van der Waals surface area contributed by atoms with Gasteiger partial charge in [0.1, 0.15) is 11.6 Å². The molecule has 0 saturated carbocycles. The number of hydrogen-bond donors (Lipinski definition) is 0. The number of carbonyl (C=O) groups excluding carboxylic acids is 1. The van der Waals surface area contributed by atoms with Crippen LogP contribution in [0.3, 0.4) is 0 Å². The third-order valence-electron chi connectivity index (χ3n) is 8.10. The molecule has 47 heavy (non-hydrogen) atoms. The smallest absolute Gasteiger partial charge is 0.343 e. The first-order chi connectivity index (χ1) is 23.0. The van der Waals surface area contributed by atoms with Gasteiger partial charge < -0.3 is 9.47 Å². The zero-order valence-electron chi connectivity index (χ0n) is 24.9. The Balaban J connectivity index is 1.42. The summed E-state index contributed by atoms with van der Waals surface area (Å²) >= 11 is 12.4. The molecule has 8 aromatic rings. The van der Waals surface area contributed by atoms with Crippen molar-refractivity contribution in [1.29, 1.82) is 0 Å². The molecule has 0 unspecified atom stereocenters. The van der Waals surface area contributed by atoms with Gasteiger partial charge in [0.05, 0.1) is 40.3 Å². The van der Waals surface area contributed by atoms with Crippen LogP contribution in [0.5, 0.6) is 11.5 Å². The average Bonchev–Trinajstić information content (AvgIpc) is 3.71. The molecule has 8 rings (SSSR count). The number of imidazole rings is 1. The summed E-state index contributed by atoms with van der Waals surface area (Å²) in [6.45, 7) is 0. The third kappa shape index (κ3) is 4.97. The fourth-order valence-corrected chi connectivity index (χ4v) is 6.16. The number of fused-ring (bicyclic) bond motifs is 5. The van der Waals surface area contributed by atoms with Crippen molar-refractivity contribution in [1.82, 2.24) is 18.9 Å². The van der Waals surface area contributed by atoms with Crippen LogP contribution >= 0.6 is 23.2 Å². The number of rotatable bonds is 6. The average molecular weight is 656 g/mol. The zero-order chi connectivity index (χ0) is 32.1. The molecule has 5 aromatic carbocycles. The number of nitrogens with zero attached hydrogens (tertiary/aromatic N) is 4. The molecule has 0 fully saturated rings. The van der Waals surface area contributed by atoms with Gasteiger partial charge in [-0.3, -0.25) is 8.97 Å². The quantitative estimate of drug-likeness (QED) is 0.132. The molecule has 0 aliphatic rings. The minimum Gasteiger partial charge on any atom is -0.496 e. The molecule has 0 N–H and O–H groups in total. The van der Waals surface area contributed by atoms with E-state index in [-0.39, 0.29) is 0 Å². The van der Waals surface area contributed by atoms with Crippen molar-refractivity contribution >= 4 is 56.9 Å². The lowest BCUT2D eigenvalue weighted by Crippen LogP contribution is -2.12. The van der Waals surface area contributed by atoms with Crippen LogP contribution in [0.15, 0.2) is 128 Å². The van der Waals surface area contributed by atoms with Crippen molar-refractivity contribution < 1.29 is 14.3 Å². The number of para-hydroxylation sites is 2. The maximum atomic E-state index is 13.7. The van der Waals surface area contributed by atoms with Crippen molar-refractivity contribution in [3.63, 3.8) is 0 Å². The van der Waals surface area contributed by atoms with Crippen LogP contribution in [0, 0.1) is 0 Å². The maximum Gasteiger partial charge on any atom is 0.343 e. The fourth-order valence-electron chi connectivity index (χ4n) is 5.90. The Morgan fingerprint density at radius 3 is 2.15 bits per heavy atom. The Hall–Kier alpha value is -5.63. The second-order valence-electron chi connectivity index (χ2n) is 10.9. The highest BCUT2D eigenvalue weighted by molar-refractivity contribution is 6.31. The monoisotopic (exact) mass is 654 g/mol. The molecule has 0 aliphatic heterocycles. The molecule has 3 heterocycles. The maximum absolute atomic E-state index is 13.7. The third-order valence-corrected chi connectivity index (χ3v) is 8.61. The van der Waals surface area contributed by atoms with Crippen molar-refractivity contribution in [3.05, 3.63) is 143 Å². The Bertz CT molecular complexity index is 2450. The van der Waals surface area contributed by atoms with E-state index in [1.54, 1.807) is 31.4 Å². The fraction of sp³-hybridized carbons (Fsp3) is 0.0263. The number of esters is 1. The first-order valence-electron chi connectivity index (χ1n) is 14.8. The normalized spacial score (nSPS) is 11.4. The minimum atomic E-state index is -0.540. The molecule has 0 saturated heterocycles. The summed E-state index contributed by atoms with van der Waals surface area (Å²) in [5.41, 5.74) is 6.42. The van der Waals surface area contributed by atoms with Crippen LogP contribution in [0.4, 0.5) is 0 Å². The predicted molar refractivity (Wildman–Crippen MR) is 186 cm³/mol. The summed E-state index contributed by atoms with van der Waals surface area (Å²) in [6, 6.07) is 37.5. The van der Waals surface area contributed by atoms with E-state index in [9.17, 15) is 4.79 Å². The zero-order valence-corrected chi connectivity index (χ0v) is 26.4. The standard InChI is InChI=1S/C38H24Cl2N4O3/c1-46-32-20-19-31(34(33(32)23-7-3-2-4-8-23)47-38(45)25-13-17-27(40)18-14-25)43-22-21-28-36(43)42-35(24-11-15-26(39)16-12-24)44-30-10-6-5-9-29(30)41-37(28)44/h2-22H,1H3. The van der Waals surface area contributed by atoms with Crippen molar-refractivity contribution in [2.24, 2.45) is 0 Å². The highest BCUT2D eigenvalue weighted by atomic mass is 35.5. The molecular weight excluding hydrogens is 631 g/mol. The molecule has 0 atom stereocenters. The van der Waals surface area contributed by atoms with E-state index in [2.05, 4.69) is 4.40 Å². The number of methoxy groups -OCH3 is 1. The SMILES string of the molecule is COc1ccc(-n2ccc3c2nc(-c2ccc(Cl)cc2)n2c4ccccc4nc32)c(OC(=O)c2ccc(Cl)cc2)c1-c1ccccc1. The Morgan fingerprint density at radius 1 is 0.702 bits per heavy atom. The lowest BCUT2D eigenvalue weighted by atomic mass is 10.0. The first-order valence-corrected chi connectivity index (χ1v) is 15.5. The number of halogens is 2. The van der Waals surface area contributed by atoms with Gasteiger partial charge in [0, 0.05) is 21.8 Å². The van der Waals surface area contributed by atoms with E-state index in [4.69, 9.17) is 42.6 Å². The van der Waals surface area contributed by atoms with Crippen LogP contribution in [0.25, 0.3) is 55.9 Å². The summed E-state index contributed by atoms with van der Waals surface area (Å²) in [4.78, 5) is 24.0. The molecule has 0 radical (unpaired) electrons. The van der Waals surface area contributed by atoms with Gasteiger partial charge in [0.25, 0.3) is 0 Å². The van der Waals surface area contributed by atoms with E-state index in [0.29, 0.717) is 49.8 Å². The number of aromatic nitrogens is 4. The lowest BCUT2D eigenvalue weighted by Gasteiger charge is -2.19. The molecular formula is C38H24Cl2N4O3. The Labute approximate surface area is 279 Å².